The molecule has 0 radical (unpaired) electrons. The SMILES string of the molecule is O=C(N=c1sn(C(=O)c2ccc([N+](=O)[O-])cc2)c2ccc([N+](=O)[O-])cc12)c1ccc([N+](=O)[O-])cc1. The Bertz CT molecular complexity index is 1600. The van der Waals surface area contributed by atoms with E-state index in [0.29, 0.717) is 0 Å². The van der Waals surface area contributed by atoms with Crippen molar-refractivity contribution in [3.8, 4) is 0 Å². The number of nitro groups is 3. The number of nitrogens with zero attached hydrogens (tertiary/aromatic N) is 5. The van der Waals surface area contributed by atoms with Gasteiger partial charge in [0.1, 0.15) is 4.67 Å². The highest BCUT2D eigenvalue weighted by Gasteiger charge is 2.19. The molecule has 0 fully saturated rings. The van der Waals surface area contributed by atoms with Gasteiger partial charge in [-0.25, -0.2) is 3.96 Å². The van der Waals surface area contributed by atoms with Gasteiger partial charge in [0, 0.05) is 52.9 Å². The Balaban J connectivity index is 1.83. The van der Waals surface area contributed by atoms with Gasteiger partial charge >= 0.3 is 0 Å². The number of non-ortho nitro benzene ring substituents is 3. The molecule has 0 bridgehead atoms. The normalized spacial score (nSPS) is 11.4. The molecule has 0 saturated carbocycles. The Morgan fingerprint density at radius 1 is 0.714 bits per heavy atom. The number of fused-ring (bicyclic) bond motifs is 1. The van der Waals surface area contributed by atoms with Crippen molar-refractivity contribution in [1.29, 1.82) is 0 Å². The van der Waals surface area contributed by atoms with Crippen LogP contribution in [-0.2, 0) is 0 Å². The average Bonchev–Trinajstić information content (AvgIpc) is 3.21. The molecule has 4 aromatic rings. The number of hydrogen-bond donors (Lipinski definition) is 0. The van der Waals surface area contributed by atoms with E-state index >= 15 is 0 Å². The molecule has 0 spiro atoms. The van der Waals surface area contributed by atoms with Crippen molar-refractivity contribution >= 4 is 51.3 Å². The molecule has 14 heteroatoms. The molecule has 0 N–H and O–H groups in total. The van der Waals surface area contributed by atoms with E-state index in [4.69, 9.17) is 0 Å². The first-order chi connectivity index (χ1) is 16.7. The van der Waals surface area contributed by atoms with Crippen LogP contribution in [0.5, 0.6) is 0 Å². The maximum atomic E-state index is 13.1. The Morgan fingerprint density at radius 2 is 1.20 bits per heavy atom. The molecule has 4 rings (SSSR count). The molecule has 0 aliphatic heterocycles. The molecule has 0 saturated heterocycles. The van der Waals surface area contributed by atoms with Crippen molar-refractivity contribution in [2.24, 2.45) is 4.99 Å². The summed E-state index contributed by atoms with van der Waals surface area (Å²) in [6.45, 7) is 0. The number of carbonyl (C=O) groups excluding carboxylic acids is 2. The summed E-state index contributed by atoms with van der Waals surface area (Å²) in [4.78, 5) is 60.9. The van der Waals surface area contributed by atoms with Crippen LogP contribution in [0.15, 0.2) is 71.7 Å². The van der Waals surface area contributed by atoms with Crippen molar-refractivity contribution in [1.82, 2.24) is 3.96 Å². The zero-order chi connectivity index (χ0) is 25.3. The number of benzene rings is 3. The van der Waals surface area contributed by atoms with Crippen LogP contribution in [0.25, 0.3) is 10.9 Å². The van der Waals surface area contributed by atoms with Gasteiger partial charge in [0.05, 0.1) is 20.3 Å². The zero-order valence-electron chi connectivity index (χ0n) is 17.3. The molecule has 174 valence electrons. The van der Waals surface area contributed by atoms with Crippen molar-refractivity contribution in [2.45, 2.75) is 0 Å². The van der Waals surface area contributed by atoms with Gasteiger partial charge in [-0.05, 0) is 41.9 Å². The van der Waals surface area contributed by atoms with E-state index < -0.39 is 26.6 Å². The summed E-state index contributed by atoms with van der Waals surface area (Å²) >= 11 is 0.753. The van der Waals surface area contributed by atoms with Gasteiger partial charge < -0.3 is 0 Å². The Hall–Kier alpha value is -5.11. The molecule has 0 atom stereocenters. The van der Waals surface area contributed by atoms with Crippen molar-refractivity contribution in [2.75, 3.05) is 0 Å². The highest BCUT2D eigenvalue weighted by molar-refractivity contribution is 7.06. The number of amides is 1. The molecule has 0 aliphatic rings. The van der Waals surface area contributed by atoms with Gasteiger partial charge in [0.25, 0.3) is 28.9 Å². The fraction of sp³-hybridized carbons (Fsp3) is 0. The fourth-order valence-corrected chi connectivity index (χ4v) is 4.13. The van der Waals surface area contributed by atoms with Crippen LogP contribution >= 0.6 is 11.5 Å². The molecule has 0 unspecified atom stereocenters. The van der Waals surface area contributed by atoms with Gasteiger partial charge in [0.15, 0.2) is 0 Å². The molecule has 0 aliphatic carbocycles. The summed E-state index contributed by atoms with van der Waals surface area (Å²) in [6, 6.07) is 13.3. The van der Waals surface area contributed by atoms with Gasteiger partial charge in [-0.1, -0.05) is 0 Å². The Kier molecular flexibility index (Phi) is 5.95. The van der Waals surface area contributed by atoms with E-state index in [1.54, 1.807) is 0 Å². The second-order valence-corrected chi connectivity index (χ2v) is 7.91. The third-order valence-electron chi connectivity index (χ3n) is 4.86. The Morgan fingerprint density at radius 3 is 1.71 bits per heavy atom. The zero-order valence-corrected chi connectivity index (χ0v) is 18.1. The lowest BCUT2D eigenvalue weighted by atomic mass is 10.2. The molecular weight excluding hydrogens is 482 g/mol. The van der Waals surface area contributed by atoms with Crippen molar-refractivity contribution in [3.05, 3.63) is 113 Å². The summed E-state index contributed by atoms with van der Waals surface area (Å²) in [5.41, 5.74) is -0.331. The van der Waals surface area contributed by atoms with E-state index in [9.17, 15) is 39.9 Å². The van der Waals surface area contributed by atoms with Gasteiger partial charge in [-0.2, -0.15) is 4.99 Å². The van der Waals surface area contributed by atoms with Crippen LogP contribution in [0.2, 0.25) is 0 Å². The molecular formula is C21H11N5O8S. The molecule has 1 heterocycles. The van der Waals surface area contributed by atoms with Crippen LogP contribution in [-0.4, -0.2) is 30.5 Å². The topological polar surface area (TPSA) is 181 Å². The lowest BCUT2D eigenvalue weighted by molar-refractivity contribution is -0.385. The quantitative estimate of drug-likeness (QED) is 0.297. The van der Waals surface area contributed by atoms with E-state index in [2.05, 4.69) is 4.99 Å². The number of rotatable bonds is 5. The van der Waals surface area contributed by atoms with Crippen LogP contribution < -0.4 is 4.67 Å². The minimum atomic E-state index is -0.774. The average molecular weight is 493 g/mol. The highest BCUT2D eigenvalue weighted by atomic mass is 32.1. The molecule has 1 aromatic heterocycles. The molecule has 3 aromatic carbocycles. The van der Waals surface area contributed by atoms with Crippen molar-refractivity contribution in [3.63, 3.8) is 0 Å². The minimum Gasteiger partial charge on any atom is -0.267 e. The minimum absolute atomic E-state index is 0.00214. The van der Waals surface area contributed by atoms with E-state index in [1.165, 1.54) is 46.4 Å². The maximum Gasteiger partial charge on any atom is 0.278 e. The first-order valence-electron chi connectivity index (χ1n) is 9.59. The second kappa shape index (κ2) is 9.03. The standard InChI is InChI=1S/C21H11N5O8S/c27-19(12-1-5-14(6-2-12)24(29)30)22-20-17-11-16(26(33)34)9-10-18(17)23(35-20)21(28)13-3-7-15(8-4-13)25(31)32/h1-11H. The number of aromatic nitrogens is 1. The summed E-state index contributed by atoms with van der Waals surface area (Å²) in [6.07, 6.45) is 0. The first kappa shape index (κ1) is 23.1. The van der Waals surface area contributed by atoms with Crippen LogP contribution in [0.3, 0.4) is 0 Å². The van der Waals surface area contributed by atoms with E-state index in [-0.39, 0.29) is 43.8 Å². The highest BCUT2D eigenvalue weighted by Crippen LogP contribution is 2.23. The summed E-state index contributed by atoms with van der Waals surface area (Å²) in [5, 5.41) is 33.1. The summed E-state index contributed by atoms with van der Waals surface area (Å²) in [5.74, 6) is -1.36. The van der Waals surface area contributed by atoms with E-state index in [1.807, 2.05) is 0 Å². The van der Waals surface area contributed by atoms with Gasteiger partial charge in [0.2, 0.25) is 0 Å². The van der Waals surface area contributed by atoms with Gasteiger partial charge in [-0.15, -0.1) is 0 Å². The Labute approximate surface area is 197 Å². The maximum absolute atomic E-state index is 13.1. The molecule has 13 nitrogen and oxygen atoms in total. The molecule has 1 amide bonds. The van der Waals surface area contributed by atoms with Crippen LogP contribution in [0.4, 0.5) is 17.1 Å². The van der Waals surface area contributed by atoms with Gasteiger partial charge in [-0.3, -0.25) is 39.9 Å². The number of hydrogen-bond acceptors (Lipinski definition) is 9. The number of nitro benzene ring substituents is 3. The largest absolute Gasteiger partial charge is 0.278 e. The monoisotopic (exact) mass is 493 g/mol. The fourth-order valence-electron chi connectivity index (χ4n) is 3.13. The first-order valence-corrected chi connectivity index (χ1v) is 10.4. The summed E-state index contributed by atoms with van der Waals surface area (Å²) in [7, 11) is 0. The third kappa shape index (κ3) is 4.53. The second-order valence-electron chi connectivity index (χ2n) is 6.98. The predicted octanol–water partition coefficient (Wildman–Crippen LogP) is 3.86. The smallest absolute Gasteiger partial charge is 0.267 e. The van der Waals surface area contributed by atoms with Crippen LogP contribution in [0, 0.1) is 30.3 Å². The van der Waals surface area contributed by atoms with Crippen molar-refractivity contribution < 1.29 is 24.4 Å². The van der Waals surface area contributed by atoms with Crippen LogP contribution in [0.1, 0.15) is 20.7 Å². The lowest BCUT2D eigenvalue weighted by Gasteiger charge is -2.02. The number of carbonyl (C=O) groups is 2. The lowest BCUT2D eigenvalue weighted by Crippen LogP contribution is -2.09. The molecule has 35 heavy (non-hydrogen) atoms. The third-order valence-corrected chi connectivity index (χ3v) is 5.88. The predicted molar refractivity (Wildman–Crippen MR) is 122 cm³/mol. The van der Waals surface area contributed by atoms with E-state index in [0.717, 1.165) is 35.8 Å². The summed E-state index contributed by atoms with van der Waals surface area (Å²) < 4.78 is 1.17.